The molecule has 0 spiro atoms. The minimum absolute atomic E-state index is 0.103. The third-order valence-corrected chi connectivity index (χ3v) is 3.40. The predicted molar refractivity (Wildman–Crippen MR) is 99.1 cm³/mol. The minimum atomic E-state index is 0.103. The van der Waals surface area contributed by atoms with E-state index in [2.05, 4.69) is 25.6 Å². The zero-order valence-corrected chi connectivity index (χ0v) is 14.3. The van der Waals surface area contributed by atoms with E-state index in [0.29, 0.717) is 12.4 Å². The number of hydrogen-bond acceptors (Lipinski definition) is 6. The molecule has 25 heavy (non-hydrogen) atoms. The molecule has 2 N–H and O–H groups in total. The first-order valence-electron chi connectivity index (χ1n) is 8.18. The molecule has 0 unspecified atom stereocenters. The molecule has 0 fully saturated rings. The number of aromatic nitrogens is 3. The van der Waals surface area contributed by atoms with E-state index in [1.165, 1.54) is 6.33 Å². The maximum absolute atomic E-state index is 5.83. The number of pyridine rings is 1. The molecule has 0 aliphatic carbocycles. The van der Waals surface area contributed by atoms with Crippen LogP contribution in [0.2, 0.25) is 0 Å². The zero-order chi connectivity index (χ0) is 17.5. The Labute approximate surface area is 147 Å². The zero-order valence-electron chi connectivity index (χ0n) is 14.3. The van der Waals surface area contributed by atoms with Crippen molar-refractivity contribution in [3.63, 3.8) is 0 Å². The fourth-order valence-corrected chi connectivity index (χ4v) is 2.28. The molecule has 0 atom stereocenters. The normalized spacial score (nSPS) is 10.5. The Balaban J connectivity index is 1.70. The van der Waals surface area contributed by atoms with E-state index in [1.54, 1.807) is 12.4 Å². The summed E-state index contributed by atoms with van der Waals surface area (Å²) >= 11 is 0. The van der Waals surface area contributed by atoms with Gasteiger partial charge in [0.1, 0.15) is 23.7 Å². The Kier molecular flexibility index (Phi) is 5.41. The van der Waals surface area contributed by atoms with Gasteiger partial charge in [0, 0.05) is 25.0 Å². The lowest BCUT2D eigenvalue weighted by Crippen LogP contribution is -2.08. The van der Waals surface area contributed by atoms with E-state index in [4.69, 9.17) is 4.74 Å². The second kappa shape index (κ2) is 8.10. The van der Waals surface area contributed by atoms with Crippen LogP contribution in [0, 0.1) is 0 Å². The molecule has 128 valence electrons. The number of nitrogens with zero attached hydrogens (tertiary/aromatic N) is 3. The number of anilines is 3. The van der Waals surface area contributed by atoms with Crippen molar-refractivity contribution in [1.82, 2.24) is 15.0 Å². The van der Waals surface area contributed by atoms with Crippen molar-refractivity contribution >= 4 is 17.3 Å². The monoisotopic (exact) mass is 335 g/mol. The molecule has 0 amide bonds. The van der Waals surface area contributed by atoms with E-state index >= 15 is 0 Å². The van der Waals surface area contributed by atoms with Gasteiger partial charge in [0.15, 0.2) is 0 Å². The molecule has 0 aliphatic rings. The summed E-state index contributed by atoms with van der Waals surface area (Å²) in [7, 11) is 0. The van der Waals surface area contributed by atoms with Gasteiger partial charge in [-0.25, -0.2) is 9.97 Å². The van der Waals surface area contributed by atoms with E-state index in [9.17, 15) is 0 Å². The van der Waals surface area contributed by atoms with E-state index < -0.39 is 0 Å². The number of para-hydroxylation sites is 2. The molecule has 0 saturated carbocycles. The Morgan fingerprint density at radius 3 is 2.56 bits per heavy atom. The van der Waals surface area contributed by atoms with E-state index in [0.717, 1.165) is 22.8 Å². The van der Waals surface area contributed by atoms with Crippen molar-refractivity contribution in [3.05, 3.63) is 66.7 Å². The highest BCUT2D eigenvalue weighted by Gasteiger charge is 2.06. The molecule has 1 aromatic carbocycles. The van der Waals surface area contributed by atoms with Crippen LogP contribution >= 0.6 is 0 Å². The Morgan fingerprint density at radius 2 is 1.76 bits per heavy atom. The van der Waals surface area contributed by atoms with Gasteiger partial charge in [-0.1, -0.05) is 12.1 Å². The fraction of sp³-hybridized carbons (Fsp3) is 0.211. The quantitative estimate of drug-likeness (QED) is 0.679. The smallest absolute Gasteiger partial charge is 0.143 e. The largest absolute Gasteiger partial charge is 0.489 e. The molecule has 3 aromatic rings. The fourth-order valence-electron chi connectivity index (χ4n) is 2.28. The van der Waals surface area contributed by atoms with Crippen molar-refractivity contribution in [1.29, 1.82) is 0 Å². The van der Waals surface area contributed by atoms with Crippen LogP contribution < -0.4 is 15.4 Å². The SMILES string of the molecule is CC(C)Oc1ccccc1Nc1cc(NCc2ccncc2)ncn1. The van der Waals surface area contributed by atoms with Crippen LogP contribution in [0.3, 0.4) is 0 Å². The average molecular weight is 335 g/mol. The Morgan fingerprint density at radius 1 is 1.00 bits per heavy atom. The van der Waals surface area contributed by atoms with Crippen LogP contribution in [0.4, 0.5) is 17.3 Å². The van der Waals surface area contributed by atoms with Gasteiger partial charge in [-0.3, -0.25) is 4.98 Å². The summed E-state index contributed by atoms with van der Waals surface area (Å²) in [6.45, 7) is 4.68. The molecule has 0 radical (unpaired) electrons. The molecule has 2 heterocycles. The minimum Gasteiger partial charge on any atom is -0.489 e. The van der Waals surface area contributed by atoms with Gasteiger partial charge in [0.2, 0.25) is 0 Å². The first kappa shape index (κ1) is 16.7. The van der Waals surface area contributed by atoms with Crippen LogP contribution in [-0.4, -0.2) is 21.1 Å². The lowest BCUT2D eigenvalue weighted by molar-refractivity contribution is 0.244. The molecule has 6 nitrogen and oxygen atoms in total. The molecule has 0 saturated heterocycles. The van der Waals surface area contributed by atoms with Crippen molar-refractivity contribution in [3.8, 4) is 5.75 Å². The average Bonchev–Trinajstić information content (AvgIpc) is 2.62. The molecule has 2 aromatic heterocycles. The topological polar surface area (TPSA) is 72.0 Å². The van der Waals surface area contributed by atoms with E-state index in [1.807, 2.05) is 56.3 Å². The second-order valence-electron chi connectivity index (χ2n) is 5.79. The third-order valence-electron chi connectivity index (χ3n) is 3.40. The van der Waals surface area contributed by atoms with Gasteiger partial charge in [0.05, 0.1) is 11.8 Å². The first-order chi connectivity index (χ1) is 12.2. The van der Waals surface area contributed by atoms with E-state index in [-0.39, 0.29) is 6.10 Å². The van der Waals surface area contributed by atoms with Crippen LogP contribution in [0.1, 0.15) is 19.4 Å². The van der Waals surface area contributed by atoms with Gasteiger partial charge in [-0.15, -0.1) is 0 Å². The Hall–Kier alpha value is -3.15. The van der Waals surface area contributed by atoms with Crippen molar-refractivity contribution in [2.24, 2.45) is 0 Å². The highest BCUT2D eigenvalue weighted by atomic mass is 16.5. The summed E-state index contributed by atoms with van der Waals surface area (Å²) in [5.41, 5.74) is 2.01. The molecular weight excluding hydrogens is 314 g/mol. The summed E-state index contributed by atoms with van der Waals surface area (Å²) in [5.74, 6) is 2.24. The standard InChI is InChI=1S/C19H21N5O/c1-14(2)25-17-6-4-3-5-16(17)24-19-11-18(22-13-23-19)21-12-15-7-9-20-10-8-15/h3-11,13-14H,12H2,1-2H3,(H2,21,22,23,24). The van der Waals surface area contributed by atoms with Gasteiger partial charge in [-0.05, 0) is 43.7 Å². The molecule has 0 bridgehead atoms. The van der Waals surface area contributed by atoms with Gasteiger partial charge in [-0.2, -0.15) is 0 Å². The molecular formula is C19H21N5O. The summed E-state index contributed by atoms with van der Waals surface area (Å²) in [5, 5.41) is 6.57. The number of rotatable bonds is 7. The molecule has 0 aliphatic heterocycles. The van der Waals surface area contributed by atoms with Crippen LogP contribution in [-0.2, 0) is 6.54 Å². The van der Waals surface area contributed by atoms with Gasteiger partial charge in [0.25, 0.3) is 0 Å². The highest BCUT2D eigenvalue weighted by molar-refractivity contribution is 5.65. The maximum atomic E-state index is 5.83. The summed E-state index contributed by atoms with van der Waals surface area (Å²) in [6.07, 6.45) is 5.18. The summed E-state index contributed by atoms with van der Waals surface area (Å²) in [6, 6.07) is 13.6. The highest BCUT2D eigenvalue weighted by Crippen LogP contribution is 2.27. The van der Waals surface area contributed by atoms with Crippen LogP contribution in [0.15, 0.2) is 61.2 Å². The summed E-state index contributed by atoms with van der Waals surface area (Å²) in [4.78, 5) is 12.6. The number of nitrogens with one attached hydrogen (secondary N) is 2. The first-order valence-corrected chi connectivity index (χ1v) is 8.18. The van der Waals surface area contributed by atoms with Crippen LogP contribution in [0.25, 0.3) is 0 Å². The second-order valence-corrected chi connectivity index (χ2v) is 5.79. The van der Waals surface area contributed by atoms with Crippen molar-refractivity contribution in [2.45, 2.75) is 26.5 Å². The third kappa shape index (κ3) is 4.91. The van der Waals surface area contributed by atoms with Crippen molar-refractivity contribution in [2.75, 3.05) is 10.6 Å². The lowest BCUT2D eigenvalue weighted by Gasteiger charge is -2.15. The van der Waals surface area contributed by atoms with Gasteiger partial charge >= 0.3 is 0 Å². The lowest BCUT2D eigenvalue weighted by atomic mass is 10.2. The predicted octanol–water partition coefficient (Wildman–Crippen LogP) is 4.01. The summed E-state index contributed by atoms with van der Waals surface area (Å²) < 4.78 is 5.83. The number of hydrogen-bond donors (Lipinski definition) is 2. The maximum Gasteiger partial charge on any atom is 0.143 e. The van der Waals surface area contributed by atoms with Crippen LogP contribution in [0.5, 0.6) is 5.75 Å². The Bertz CT molecular complexity index is 808. The number of benzene rings is 1. The molecule has 6 heteroatoms. The van der Waals surface area contributed by atoms with Crippen molar-refractivity contribution < 1.29 is 4.74 Å². The number of ether oxygens (including phenoxy) is 1. The molecule has 3 rings (SSSR count). The van der Waals surface area contributed by atoms with Gasteiger partial charge < -0.3 is 15.4 Å².